The molecule has 14 aromatic carbocycles. The van der Waals surface area contributed by atoms with Gasteiger partial charge in [-0.1, -0.05) is 211 Å². The zero-order chi connectivity index (χ0) is 84.8. The molecule has 0 fully saturated rings. The van der Waals surface area contributed by atoms with Crippen LogP contribution < -0.4 is 14.4 Å². The third kappa shape index (κ3) is 15.0. The molecule has 0 aliphatic carbocycles. The van der Waals surface area contributed by atoms with Crippen LogP contribution >= 0.6 is 0 Å². The van der Waals surface area contributed by atoms with Crippen molar-refractivity contribution in [2.75, 3.05) is 11.9 Å². The van der Waals surface area contributed by atoms with Gasteiger partial charge in [0, 0.05) is 125 Å². The molecule has 20 nitrogen and oxygen atoms in total. The molecule has 636 valence electrons. The summed E-state index contributed by atoms with van der Waals surface area (Å²) in [7, 11) is 2.07. The van der Waals surface area contributed by atoms with E-state index in [1.807, 2.05) is 113 Å². The number of para-hydroxylation sites is 8. The van der Waals surface area contributed by atoms with Crippen LogP contribution in [0.15, 0.2) is 365 Å². The van der Waals surface area contributed by atoms with E-state index in [2.05, 4.69) is 376 Å². The second kappa shape index (κ2) is 34.6. The van der Waals surface area contributed by atoms with Crippen molar-refractivity contribution < 1.29 is 72.7 Å². The van der Waals surface area contributed by atoms with Crippen molar-refractivity contribution in [2.45, 2.75) is 26.2 Å². The minimum atomic E-state index is -0.111. The second-order valence-corrected chi connectivity index (χ2v) is 32.1. The molecule has 0 bridgehead atoms. The van der Waals surface area contributed by atoms with Crippen LogP contribution in [0, 0.1) is 43.1 Å². The summed E-state index contributed by atoms with van der Waals surface area (Å²) in [5.74, 6) is 4.70. The Morgan fingerprint density at radius 3 is 1.13 bits per heavy atom. The molecule has 0 atom stereocenters. The van der Waals surface area contributed by atoms with Crippen LogP contribution in [0.4, 0.5) is 5.69 Å². The molecule has 0 saturated heterocycles. The van der Waals surface area contributed by atoms with Gasteiger partial charge in [0.05, 0.1) is 51.3 Å². The van der Waals surface area contributed by atoms with Gasteiger partial charge in [-0.3, -0.25) is 23.1 Å². The quantitative estimate of drug-likeness (QED) is 0.0954. The van der Waals surface area contributed by atoms with E-state index in [1.54, 1.807) is 34.0 Å². The van der Waals surface area contributed by atoms with Gasteiger partial charge in [0.2, 0.25) is 5.88 Å². The second-order valence-electron chi connectivity index (χ2n) is 32.1. The topological polar surface area (TPSA) is 160 Å². The van der Waals surface area contributed by atoms with Crippen LogP contribution in [0.1, 0.15) is 26.3 Å². The number of pyridine rings is 1. The Balaban J connectivity index is 0.000000121. The SMILES string of the molecule is CN1[CH-]N(c2[c-]c(Oc3[c-]c(Oc4ccccn4)ccc3)cc(C(C)(C)C)c2)C=C1n1c2ccccc2c2ccccc21.[Pt+2].[Pt+2].[Pt].[c-]1c(-n2cc(-n3c4ccccc4c4ccccc43)nn2)cccc1-n1c2[c-]c(-n3cccn3)ccc2c2ccccc21.[c-]1c(-n2cccn2)cccc1-n1c2[c-]c(-n3cc(-n4c5ccccc5c5ccccc54)nn3)ccc2c2ccccc21. The van der Waals surface area contributed by atoms with Crippen LogP contribution in [0.5, 0.6) is 23.1 Å². The maximum Gasteiger partial charge on any atom is 2.00 e. The summed E-state index contributed by atoms with van der Waals surface area (Å²) in [6.07, 6.45) is 15.2. The Morgan fingerprint density at radius 1 is 0.315 bits per heavy atom. The zero-order valence-electron chi connectivity index (χ0n) is 70.0. The maximum absolute atomic E-state index is 6.34. The van der Waals surface area contributed by atoms with E-state index in [0.29, 0.717) is 23.1 Å². The number of hydrogen-bond donors (Lipinski definition) is 0. The van der Waals surface area contributed by atoms with Crippen LogP contribution in [0.25, 0.3) is 161 Å². The summed E-state index contributed by atoms with van der Waals surface area (Å²) in [6.45, 7) is 8.67. The Kier molecular flexibility index (Phi) is 22.1. The molecule has 0 unspecified atom stereocenters. The van der Waals surface area contributed by atoms with Crippen molar-refractivity contribution >= 4 is 121 Å². The normalized spacial score (nSPS) is 12.1. The molecular weight excluding hydrogens is 2150 g/mol. The monoisotopic (exact) mass is 2230 g/mol. The number of anilines is 1. The van der Waals surface area contributed by atoms with Gasteiger partial charge in [0.15, 0.2) is 11.6 Å². The Morgan fingerprint density at radius 2 is 0.700 bits per heavy atom. The molecule has 0 saturated carbocycles. The Labute approximate surface area is 789 Å². The van der Waals surface area contributed by atoms with E-state index in [-0.39, 0.29) is 68.6 Å². The number of fused-ring (bicyclic) bond motifs is 15. The minimum absolute atomic E-state index is 0. The number of ether oxygens (including phenoxy) is 2. The van der Waals surface area contributed by atoms with Crippen molar-refractivity contribution in [3.05, 3.63) is 414 Å². The fourth-order valence-electron chi connectivity index (χ4n) is 17.4. The number of benzene rings is 14. The van der Waals surface area contributed by atoms with E-state index in [9.17, 15) is 0 Å². The minimum Gasteiger partial charge on any atom is -0.509 e. The van der Waals surface area contributed by atoms with Crippen LogP contribution in [-0.4, -0.2) is 89.3 Å². The van der Waals surface area contributed by atoms with Crippen LogP contribution in [0.2, 0.25) is 0 Å². The Hall–Kier alpha value is -15.1. The van der Waals surface area contributed by atoms with Gasteiger partial charge in [-0.05, 0) is 113 Å². The van der Waals surface area contributed by atoms with Crippen molar-refractivity contribution in [1.82, 2.24) is 82.3 Å². The molecule has 0 N–H and O–H groups in total. The zero-order valence-corrected chi connectivity index (χ0v) is 76.9. The van der Waals surface area contributed by atoms with Crippen molar-refractivity contribution in [3.63, 3.8) is 0 Å². The molecule has 24 aromatic rings. The number of aromatic nitrogens is 16. The molecule has 23 heteroatoms. The van der Waals surface area contributed by atoms with Crippen molar-refractivity contribution in [3.8, 4) is 68.9 Å². The molecule has 10 aromatic heterocycles. The maximum atomic E-state index is 6.34. The largest absolute Gasteiger partial charge is 2.00 e. The first-order valence-corrected chi connectivity index (χ1v) is 41.7. The van der Waals surface area contributed by atoms with Crippen LogP contribution in [0.3, 0.4) is 0 Å². The summed E-state index contributed by atoms with van der Waals surface area (Å²) in [6, 6.07) is 128. The third-order valence-corrected chi connectivity index (χ3v) is 23.2. The average Bonchev–Trinajstić information content (AvgIpc) is 1.67. The standard InChI is InChI=1S/C37H31N4O2.2C35H21N7.3Pt/c1-37(2,3)26-20-27(22-30(21-26)42-28-12-11-13-29(23-28)43-35-18-9-10-19-38-35)40-24-36(39(4)25-40)41-33-16-7-5-14-31(33)32-15-6-8-17-34(32)41;1-4-14-31-29(13-1)30-18-17-25(39-20-8-19-36-39)22-34(30)41(31)26-10-7-9-24(21-26)40-23-35(37-38-40)42-32-15-5-2-11-27(32)28-12-3-6-16-33(28)42;1-4-14-31-29(13-1)30-18-17-25(22-34(30)41(31)26-10-7-9-24(21-26)39-20-8-19-36-39)40-23-35(37-38-40)42-32-15-5-2-11-27(32)28-12-3-6-16-33(28)42;;;/h5-21,24-25H,1-4H3;2*1-20,23H;;;/q-3;2*-2;;2*+2. The number of hydrogen-bond acceptors (Lipinski definition) is 11. The molecule has 0 radical (unpaired) electrons. The van der Waals surface area contributed by atoms with Gasteiger partial charge in [-0.2, -0.15) is 47.2 Å². The van der Waals surface area contributed by atoms with E-state index < -0.39 is 0 Å². The predicted octanol–water partition coefficient (Wildman–Crippen LogP) is 23.5. The van der Waals surface area contributed by atoms with Gasteiger partial charge in [-0.25, -0.2) is 14.3 Å². The molecule has 1 aliphatic heterocycles. The number of nitrogens with zero attached hydrogens (tertiary/aromatic N) is 18. The van der Waals surface area contributed by atoms with Gasteiger partial charge < -0.3 is 28.4 Å². The van der Waals surface area contributed by atoms with E-state index >= 15 is 0 Å². The van der Waals surface area contributed by atoms with Gasteiger partial charge in [-0.15, -0.1) is 123 Å². The fourth-order valence-corrected chi connectivity index (χ4v) is 17.4. The van der Waals surface area contributed by atoms with Gasteiger partial charge in [0.1, 0.15) is 0 Å². The summed E-state index contributed by atoms with van der Waals surface area (Å²) in [4.78, 5) is 8.48. The summed E-state index contributed by atoms with van der Waals surface area (Å²) >= 11 is 0. The number of rotatable bonds is 14. The first kappa shape index (κ1) is 83.2. The average molecular weight is 2230 g/mol. The first-order valence-electron chi connectivity index (χ1n) is 41.7. The smallest absolute Gasteiger partial charge is 0.509 e. The van der Waals surface area contributed by atoms with Crippen LogP contribution in [-0.2, 0) is 68.6 Å². The third-order valence-electron chi connectivity index (χ3n) is 23.2. The molecule has 1 aliphatic rings. The fraction of sp³-hybridized carbons (Fsp3) is 0.0467. The molecule has 0 spiro atoms. The molecular formula is C107H73N18O2Pt3-3. The summed E-state index contributed by atoms with van der Waals surface area (Å²) in [5, 5.41) is 38.9. The van der Waals surface area contributed by atoms with Gasteiger partial charge >= 0.3 is 42.1 Å². The van der Waals surface area contributed by atoms with Crippen molar-refractivity contribution in [2.24, 2.45) is 0 Å². The Bertz CT molecular complexity index is 8220. The molecule has 11 heterocycles. The predicted molar refractivity (Wildman–Crippen MR) is 502 cm³/mol. The summed E-state index contributed by atoms with van der Waals surface area (Å²) < 4.78 is 30.5. The first-order chi connectivity index (χ1) is 62.5. The van der Waals surface area contributed by atoms with Gasteiger partial charge in [0.25, 0.3) is 0 Å². The molecule has 25 rings (SSSR count). The summed E-state index contributed by atoms with van der Waals surface area (Å²) in [5.41, 5.74) is 17.8. The molecule has 130 heavy (non-hydrogen) atoms. The van der Waals surface area contributed by atoms with E-state index in [4.69, 9.17) is 9.47 Å². The van der Waals surface area contributed by atoms with E-state index in [1.165, 1.54) is 32.3 Å². The molecule has 0 amide bonds. The van der Waals surface area contributed by atoms with E-state index in [0.717, 1.165) is 140 Å². The van der Waals surface area contributed by atoms with Crippen molar-refractivity contribution in [1.29, 1.82) is 0 Å².